The van der Waals surface area contributed by atoms with Crippen molar-refractivity contribution in [2.45, 2.75) is 39.0 Å². The van der Waals surface area contributed by atoms with Crippen LogP contribution in [-0.2, 0) is 0 Å². The maximum atomic E-state index is 12.5. The number of hydrogen-bond acceptors (Lipinski definition) is 2. The summed E-state index contributed by atoms with van der Waals surface area (Å²) in [5.74, 6) is 0.469. The van der Waals surface area contributed by atoms with Crippen LogP contribution >= 0.6 is 11.6 Å². The number of para-hydroxylation sites is 1. The van der Waals surface area contributed by atoms with Crippen molar-refractivity contribution in [2.24, 2.45) is 5.92 Å². The topological polar surface area (TPSA) is 46.9 Å². The van der Waals surface area contributed by atoms with Crippen molar-refractivity contribution in [2.75, 3.05) is 6.54 Å². The predicted molar refractivity (Wildman–Crippen MR) is 92.2 cm³/mol. The van der Waals surface area contributed by atoms with Gasteiger partial charge >= 0.3 is 0 Å². The third-order valence-electron chi connectivity index (χ3n) is 4.51. The molecular formula is C18H22ClN3O. The van der Waals surface area contributed by atoms with Crippen LogP contribution in [0.4, 0.5) is 0 Å². The van der Waals surface area contributed by atoms with E-state index in [9.17, 15) is 4.79 Å². The van der Waals surface area contributed by atoms with E-state index in [1.807, 2.05) is 37.3 Å². The fourth-order valence-corrected chi connectivity index (χ4v) is 3.57. The molecule has 1 N–H and O–H groups in total. The van der Waals surface area contributed by atoms with E-state index in [-0.39, 0.29) is 5.91 Å². The number of carbonyl (C=O) groups excluding carboxylic acids is 1. The van der Waals surface area contributed by atoms with Gasteiger partial charge in [0.05, 0.1) is 16.9 Å². The first-order valence-electron chi connectivity index (χ1n) is 8.25. The second kappa shape index (κ2) is 7.18. The maximum Gasteiger partial charge on any atom is 0.256 e. The molecule has 1 aliphatic carbocycles. The highest BCUT2D eigenvalue weighted by Crippen LogP contribution is 2.25. The molecule has 3 rings (SSSR count). The van der Waals surface area contributed by atoms with E-state index in [2.05, 4.69) is 10.4 Å². The van der Waals surface area contributed by atoms with Gasteiger partial charge in [-0.2, -0.15) is 5.10 Å². The standard InChI is InChI=1S/C18H22ClN3O/c1-13-16(18(23)20-12-14-8-4-2-5-9-14)17(19)22(21-13)15-10-6-3-7-11-15/h3,6-7,10-11,14H,2,4-5,8-9,12H2,1H3,(H,20,23). The van der Waals surface area contributed by atoms with Crippen molar-refractivity contribution in [3.63, 3.8) is 0 Å². The summed E-state index contributed by atoms with van der Waals surface area (Å²) in [7, 11) is 0. The zero-order chi connectivity index (χ0) is 16.2. The van der Waals surface area contributed by atoms with Crippen LogP contribution in [0.25, 0.3) is 5.69 Å². The Balaban J connectivity index is 1.74. The number of carbonyl (C=O) groups is 1. The van der Waals surface area contributed by atoms with Crippen LogP contribution < -0.4 is 5.32 Å². The van der Waals surface area contributed by atoms with E-state index in [0.717, 1.165) is 12.2 Å². The van der Waals surface area contributed by atoms with E-state index in [0.29, 0.717) is 22.3 Å². The zero-order valence-corrected chi connectivity index (χ0v) is 14.1. The largest absolute Gasteiger partial charge is 0.352 e. The monoisotopic (exact) mass is 331 g/mol. The number of rotatable bonds is 4. The fourth-order valence-electron chi connectivity index (χ4n) is 3.21. The summed E-state index contributed by atoms with van der Waals surface area (Å²) in [6, 6.07) is 9.62. The molecule has 0 radical (unpaired) electrons. The number of benzene rings is 1. The average molecular weight is 332 g/mol. The third kappa shape index (κ3) is 3.58. The summed E-state index contributed by atoms with van der Waals surface area (Å²) >= 11 is 6.42. The van der Waals surface area contributed by atoms with Crippen molar-refractivity contribution >= 4 is 17.5 Å². The van der Waals surface area contributed by atoms with Gasteiger partial charge in [0.25, 0.3) is 5.91 Å². The molecule has 0 bridgehead atoms. The molecule has 0 saturated heterocycles. The molecule has 4 nitrogen and oxygen atoms in total. The van der Waals surface area contributed by atoms with Crippen LogP contribution in [0.15, 0.2) is 30.3 Å². The van der Waals surface area contributed by atoms with Gasteiger partial charge in [0, 0.05) is 6.54 Å². The van der Waals surface area contributed by atoms with Gasteiger partial charge in [0.15, 0.2) is 0 Å². The summed E-state index contributed by atoms with van der Waals surface area (Å²) in [5.41, 5.74) is 1.98. The molecule has 0 unspecified atom stereocenters. The van der Waals surface area contributed by atoms with Crippen molar-refractivity contribution in [3.8, 4) is 5.69 Å². The molecular weight excluding hydrogens is 310 g/mol. The highest BCUT2D eigenvalue weighted by atomic mass is 35.5. The molecule has 0 spiro atoms. The minimum absolute atomic E-state index is 0.125. The molecule has 1 amide bonds. The van der Waals surface area contributed by atoms with E-state index >= 15 is 0 Å². The lowest BCUT2D eigenvalue weighted by Gasteiger charge is -2.21. The predicted octanol–water partition coefficient (Wildman–Crippen LogP) is 4.14. The molecule has 0 aliphatic heterocycles. The highest BCUT2D eigenvalue weighted by molar-refractivity contribution is 6.33. The highest BCUT2D eigenvalue weighted by Gasteiger charge is 2.22. The lowest BCUT2D eigenvalue weighted by atomic mass is 9.89. The van der Waals surface area contributed by atoms with Gasteiger partial charge in [-0.05, 0) is 37.8 Å². The second-order valence-electron chi connectivity index (χ2n) is 6.21. The molecule has 122 valence electrons. The Hall–Kier alpha value is -1.81. The lowest BCUT2D eigenvalue weighted by Crippen LogP contribution is -2.30. The summed E-state index contributed by atoms with van der Waals surface area (Å²) < 4.78 is 1.62. The van der Waals surface area contributed by atoms with E-state index < -0.39 is 0 Å². The second-order valence-corrected chi connectivity index (χ2v) is 6.57. The molecule has 0 atom stereocenters. The summed E-state index contributed by atoms with van der Waals surface area (Å²) in [6.07, 6.45) is 6.27. The molecule has 1 aliphatic rings. The van der Waals surface area contributed by atoms with Crippen LogP contribution in [0.5, 0.6) is 0 Å². The number of hydrogen-bond donors (Lipinski definition) is 1. The SMILES string of the molecule is Cc1nn(-c2ccccc2)c(Cl)c1C(=O)NCC1CCCCC1. The van der Waals surface area contributed by atoms with Gasteiger partial charge in [-0.25, -0.2) is 4.68 Å². The molecule has 1 saturated carbocycles. The maximum absolute atomic E-state index is 12.5. The number of aryl methyl sites for hydroxylation is 1. The Bertz CT molecular complexity index is 675. The summed E-state index contributed by atoms with van der Waals surface area (Å²) in [4.78, 5) is 12.5. The number of amides is 1. The van der Waals surface area contributed by atoms with Crippen molar-refractivity contribution in [3.05, 3.63) is 46.7 Å². The Kier molecular flexibility index (Phi) is 5.01. The Labute approximate surface area is 141 Å². The van der Waals surface area contributed by atoms with Gasteiger partial charge in [-0.15, -0.1) is 0 Å². The van der Waals surface area contributed by atoms with E-state index in [1.165, 1.54) is 32.1 Å². The van der Waals surface area contributed by atoms with Crippen molar-refractivity contribution in [1.82, 2.24) is 15.1 Å². The van der Waals surface area contributed by atoms with Gasteiger partial charge in [-0.1, -0.05) is 49.1 Å². The van der Waals surface area contributed by atoms with E-state index in [4.69, 9.17) is 11.6 Å². The van der Waals surface area contributed by atoms with Crippen LogP contribution in [0, 0.1) is 12.8 Å². The molecule has 2 aromatic rings. The summed E-state index contributed by atoms with van der Waals surface area (Å²) in [6.45, 7) is 2.55. The summed E-state index contributed by atoms with van der Waals surface area (Å²) in [5, 5.41) is 7.83. The van der Waals surface area contributed by atoms with Crippen LogP contribution in [-0.4, -0.2) is 22.2 Å². The average Bonchev–Trinajstić information content (AvgIpc) is 2.89. The van der Waals surface area contributed by atoms with Crippen LogP contribution in [0.3, 0.4) is 0 Å². The molecule has 23 heavy (non-hydrogen) atoms. The molecule has 5 heteroatoms. The molecule has 1 fully saturated rings. The quantitative estimate of drug-likeness (QED) is 0.915. The third-order valence-corrected chi connectivity index (χ3v) is 4.86. The van der Waals surface area contributed by atoms with Gasteiger partial charge in [0.2, 0.25) is 0 Å². The van der Waals surface area contributed by atoms with Crippen LogP contribution in [0.1, 0.15) is 48.2 Å². The van der Waals surface area contributed by atoms with Gasteiger partial charge in [0.1, 0.15) is 5.15 Å². The normalized spacial score (nSPS) is 15.6. The van der Waals surface area contributed by atoms with Gasteiger partial charge < -0.3 is 5.32 Å². The molecule has 1 aromatic heterocycles. The smallest absolute Gasteiger partial charge is 0.256 e. The number of nitrogens with one attached hydrogen (secondary N) is 1. The number of nitrogens with zero attached hydrogens (tertiary/aromatic N) is 2. The molecule has 1 heterocycles. The van der Waals surface area contributed by atoms with Gasteiger partial charge in [-0.3, -0.25) is 4.79 Å². The van der Waals surface area contributed by atoms with E-state index in [1.54, 1.807) is 4.68 Å². The van der Waals surface area contributed by atoms with Crippen LogP contribution in [0.2, 0.25) is 5.15 Å². The van der Waals surface area contributed by atoms with Crippen molar-refractivity contribution in [1.29, 1.82) is 0 Å². The number of aromatic nitrogens is 2. The zero-order valence-electron chi connectivity index (χ0n) is 13.4. The first-order chi connectivity index (χ1) is 11.2. The Morgan fingerprint density at radius 3 is 2.65 bits per heavy atom. The fraction of sp³-hybridized carbons (Fsp3) is 0.444. The number of halogens is 1. The lowest BCUT2D eigenvalue weighted by molar-refractivity contribution is 0.0943. The first-order valence-corrected chi connectivity index (χ1v) is 8.63. The van der Waals surface area contributed by atoms with Crippen molar-refractivity contribution < 1.29 is 4.79 Å². The minimum Gasteiger partial charge on any atom is -0.352 e. The minimum atomic E-state index is -0.125. The molecule has 1 aromatic carbocycles. The Morgan fingerprint density at radius 1 is 1.26 bits per heavy atom. The Morgan fingerprint density at radius 2 is 1.96 bits per heavy atom. The first kappa shape index (κ1) is 16.1.